The van der Waals surface area contributed by atoms with Crippen molar-refractivity contribution in [3.8, 4) is 0 Å². The lowest BCUT2D eigenvalue weighted by Crippen LogP contribution is -2.42. The summed E-state index contributed by atoms with van der Waals surface area (Å²) >= 11 is 0. The molecule has 2 aliphatic heterocycles. The number of ether oxygens (including phenoxy) is 1. The standard InChI is InChI=1S/C19H26N2O3/c1-20-18(22)8-5-9-19(23)21-12-15(14-6-3-2-4-7-14)16-13-24-11-10-17(16)21/h2-4,6-7,15-17H,5,8-13H2,1H3,(H,20,22). The zero-order chi connectivity index (χ0) is 16.9. The summed E-state index contributed by atoms with van der Waals surface area (Å²) in [6, 6.07) is 10.7. The Balaban J connectivity index is 1.67. The van der Waals surface area contributed by atoms with E-state index in [0.29, 0.717) is 31.1 Å². The molecule has 1 aromatic rings. The average Bonchev–Trinajstić information content (AvgIpc) is 3.02. The predicted molar refractivity (Wildman–Crippen MR) is 91.5 cm³/mol. The highest BCUT2D eigenvalue weighted by Crippen LogP contribution is 2.41. The van der Waals surface area contributed by atoms with Gasteiger partial charge in [-0.2, -0.15) is 0 Å². The third-order valence-electron chi connectivity index (χ3n) is 5.29. The van der Waals surface area contributed by atoms with Gasteiger partial charge in [0.2, 0.25) is 11.8 Å². The second-order valence-electron chi connectivity index (χ2n) is 6.68. The number of carbonyl (C=O) groups is 2. The summed E-state index contributed by atoms with van der Waals surface area (Å²) in [5.74, 6) is 0.896. The number of nitrogens with one attached hydrogen (secondary N) is 1. The van der Waals surface area contributed by atoms with E-state index in [1.54, 1.807) is 7.05 Å². The van der Waals surface area contributed by atoms with Crippen LogP contribution in [0.1, 0.15) is 37.2 Å². The Kier molecular flexibility index (Phi) is 5.51. The largest absolute Gasteiger partial charge is 0.381 e. The van der Waals surface area contributed by atoms with Gasteiger partial charge in [-0.1, -0.05) is 30.3 Å². The van der Waals surface area contributed by atoms with Gasteiger partial charge in [0.05, 0.1) is 6.61 Å². The van der Waals surface area contributed by atoms with Gasteiger partial charge in [-0.3, -0.25) is 9.59 Å². The van der Waals surface area contributed by atoms with E-state index in [1.807, 2.05) is 6.07 Å². The van der Waals surface area contributed by atoms with Gasteiger partial charge in [0.25, 0.3) is 0 Å². The molecular weight excluding hydrogens is 304 g/mol. The maximum atomic E-state index is 12.7. The Morgan fingerprint density at radius 2 is 2.04 bits per heavy atom. The third-order valence-corrected chi connectivity index (χ3v) is 5.29. The molecule has 130 valence electrons. The third kappa shape index (κ3) is 3.61. The average molecular weight is 330 g/mol. The predicted octanol–water partition coefficient (Wildman–Crippen LogP) is 1.93. The van der Waals surface area contributed by atoms with Gasteiger partial charge in [-0.15, -0.1) is 0 Å². The van der Waals surface area contributed by atoms with E-state index < -0.39 is 0 Å². The number of likely N-dealkylation sites (tertiary alicyclic amines) is 1. The van der Waals surface area contributed by atoms with Crippen LogP contribution in [0, 0.1) is 5.92 Å². The lowest BCUT2D eigenvalue weighted by Gasteiger charge is -2.32. The van der Waals surface area contributed by atoms with Crippen LogP contribution in [-0.2, 0) is 14.3 Å². The van der Waals surface area contributed by atoms with Gasteiger partial charge in [0, 0.05) is 50.9 Å². The highest BCUT2D eigenvalue weighted by atomic mass is 16.5. The lowest BCUT2D eigenvalue weighted by molar-refractivity contribution is -0.134. The molecule has 2 saturated heterocycles. The highest BCUT2D eigenvalue weighted by Gasteiger charge is 2.45. The molecule has 5 nitrogen and oxygen atoms in total. The second kappa shape index (κ2) is 7.79. The Morgan fingerprint density at radius 1 is 1.25 bits per heavy atom. The van der Waals surface area contributed by atoms with Crippen molar-refractivity contribution in [3.63, 3.8) is 0 Å². The molecule has 3 rings (SSSR count). The van der Waals surface area contributed by atoms with Gasteiger partial charge >= 0.3 is 0 Å². The van der Waals surface area contributed by atoms with E-state index in [9.17, 15) is 9.59 Å². The van der Waals surface area contributed by atoms with Crippen LogP contribution in [0.3, 0.4) is 0 Å². The van der Waals surface area contributed by atoms with Crippen molar-refractivity contribution in [1.82, 2.24) is 10.2 Å². The van der Waals surface area contributed by atoms with E-state index in [2.05, 4.69) is 34.5 Å². The van der Waals surface area contributed by atoms with Crippen molar-refractivity contribution in [2.45, 2.75) is 37.6 Å². The van der Waals surface area contributed by atoms with Gasteiger partial charge in [-0.25, -0.2) is 0 Å². The SMILES string of the molecule is CNC(=O)CCCC(=O)N1CC(c2ccccc2)C2COCCC21. The molecule has 0 aromatic heterocycles. The molecule has 0 aliphatic carbocycles. The Bertz CT molecular complexity index is 575. The number of rotatable bonds is 5. The van der Waals surface area contributed by atoms with Crippen LogP contribution >= 0.6 is 0 Å². The normalized spacial score (nSPS) is 26.0. The topological polar surface area (TPSA) is 58.6 Å². The molecule has 2 amide bonds. The summed E-state index contributed by atoms with van der Waals surface area (Å²) in [6.45, 7) is 2.22. The van der Waals surface area contributed by atoms with E-state index in [4.69, 9.17) is 4.74 Å². The van der Waals surface area contributed by atoms with Crippen LogP contribution in [0.5, 0.6) is 0 Å². The van der Waals surface area contributed by atoms with Gasteiger partial charge < -0.3 is 15.0 Å². The Hall–Kier alpha value is -1.88. The van der Waals surface area contributed by atoms with E-state index >= 15 is 0 Å². The van der Waals surface area contributed by atoms with Crippen molar-refractivity contribution in [1.29, 1.82) is 0 Å². The molecule has 2 aliphatic rings. The van der Waals surface area contributed by atoms with Crippen LogP contribution < -0.4 is 5.32 Å². The van der Waals surface area contributed by atoms with E-state index in [-0.39, 0.29) is 17.9 Å². The summed E-state index contributed by atoms with van der Waals surface area (Å²) in [7, 11) is 1.63. The second-order valence-corrected chi connectivity index (χ2v) is 6.68. The number of carbonyl (C=O) groups excluding carboxylic acids is 2. The van der Waals surface area contributed by atoms with Crippen molar-refractivity contribution < 1.29 is 14.3 Å². The molecule has 2 fully saturated rings. The highest BCUT2D eigenvalue weighted by molar-refractivity contribution is 5.79. The summed E-state index contributed by atoms with van der Waals surface area (Å²) in [5.41, 5.74) is 1.29. The fourth-order valence-electron chi connectivity index (χ4n) is 4.01. The molecule has 3 unspecified atom stereocenters. The molecule has 24 heavy (non-hydrogen) atoms. The smallest absolute Gasteiger partial charge is 0.222 e. The first-order chi connectivity index (χ1) is 11.7. The quantitative estimate of drug-likeness (QED) is 0.897. The number of amides is 2. The van der Waals surface area contributed by atoms with Crippen molar-refractivity contribution in [3.05, 3.63) is 35.9 Å². The Labute approximate surface area is 143 Å². The minimum atomic E-state index is -0.00433. The summed E-state index contributed by atoms with van der Waals surface area (Å²) in [4.78, 5) is 26.1. The van der Waals surface area contributed by atoms with Crippen molar-refractivity contribution >= 4 is 11.8 Å². The van der Waals surface area contributed by atoms with Crippen LogP contribution in [0.25, 0.3) is 0 Å². The van der Waals surface area contributed by atoms with Gasteiger partial charge in [0.1, 0.15) is 0 Å². The first-order valence-electron chi connectivity index (χ1n) is 8.83. The van der Waals surface area contributed by atoms with E-state index in [1.165, 1.54) is 5.56 Å². The van der Waals surface area contributed by atoms with Gasteiger partial charge in [-0.05, 0) is 18.4 Å². The first kappa shape index (κ1) is 17.0. The fraction of sp³-hybridized carbons (Fsp3) is 0.579. The van der Waals surface area contributed by atoms with Crippen molar-refractivity contribution in [2.75, 3.05) is 26.8 Å². The minimum Gasteiger partial charge on any atom is -0.381 e. The summed E-state index contributed by atoms with van der Waals surface area (Å²) < 4.78 is 5.70. The monoisotopic (exact) mass is 330 g/mol. The summed E-state index contributed by atoms with van der Waals surface area (Å²) in [5, 5.41) is 2.60. The molecule has 0 spiro atoms. The maximum absolute atomic E-state index is 12.7. The molecule has 5 heteroatoms. The number of hydrogen-bond acceptors (Lipinski definition) is 3. The molecular formula is C19H26N2O3. The minimum absolute atomic E-state index is 0.00433. The Morgan fingerprint density at radius 3 is 2.79 bits per heavy atom. The maximum Gasteiger partial charge on any atom is 0.222 e. The van der Waals surface area contributed by atoms with E-state index in [0.717, 1.165) is 26.2 Å². The molecule has 1 N–H and O–H groups in total. The number of fused-ring (bicyclic) bond motifs is 1. The van der Waals surface area contributed by atoms with Crippen LogP contribution in [0.2, 0.25) is 0 Å². The summed E-state index contributed by atoms with van der Waals surface area (Å²) in [6.07, 6.45) is 2.38. The lowest BCUT2D eigenvalue weighted by atomic mass is 9.84. The molecule has 1 aromatic carbocycles. The molecule has 0 radical (unpaired) electrons. The van der Waals surface area contributed by atoms with Crippen LogP contribution in [0.15, 0.2) is 30.3 Å². The van der Waals surface area contributed by atoms with Crippen LogP contribution in [-0.4, -0.2) is 49.6 Å². The fourth-order valence-corrected chi connectivity index (χ4v) is 4.01. The molecule has 3 atom stereocenters. The number of nitrogens with zero attached hydrogens (tertiary/aromatic N) is 1. The molecule has 2 heterocycles. The zero-order valence-electron chi connectivity index (χ0n) is 14.2. The first-order valence-corrected chi connectivity index (χ1v) is 8.83. The molecule has 0 saturated carbocycles. The van der Waals surface area contributed by atoms with Crippen molar-refractivity contribution in [2.24, 2.45) is 5.92 Å². The molecule has 0 bridgehead atoms. The number of benzene rings is 1. The zero-order valence-corrected chi connectivity index (χ0v) is 14.2. The van der Waals surface area contributed by atoms with Gasteiger partial charge in [0.15, 0.2) is 0 Å². The van der Waals surface area contributed by atoms with Crippen LogP contribution in [0.4, 0.5) is 0 Å². The number of hydrogen-bond donors (Lipinski definition) is 1.